The average molecular weight is 706 g/mol. The van der Waals surface area contributed by atoms with Crippen LogP contribution in [0.2, 0.25) is 0 Å². The zero-order chi connectivity index (χ0) is 35.4. The molecule has 3 N–H and O–H groups in total. The zero-order valence-electron chi connectivity index (χ0n) is 30.3. The highest BCUT2D eigenvalue weighted by atomic mass is 16.5. The lowest BCUT2D eigenvalue weighted by atomic mass is 9.58. The van der Waals surface area contributed by atoms with Crippen molar-refractivity contribution < 1.29 is 33.4 Å². The first-order valence-corrected chi connectivity index (χ1v) is 19.3. The number of ether oxygens (including phenoxy) is 4. The van der Waals surface area contributed by atoms with E-state index in [0.29, 0.717) is 23.6 Å². The number of para-hydroxylation sites is 2. The fraction of sp³-hybridized carbons (Fsp3) is 0.524. The number of methoxy groups -OCH3 is 2. The predicted molar refractivity (Wildman–Crippen MR) is 195 cm³/mol. The Morgan fingerprint density at radius 2 is 1.81 bits per heavy atom. The molecule has 272 valence electrons. The van der Waals surface area contributed by atoms with E-state index in [2.05, 4.69) is 89.9 Å². The van der Waals surface area contributed by atoms with Crippen molar-refractivity contribution >= 4 is 34.6 Å². The minimum absolute atomic E-state index is 0.00278. The second kappa shape index (κ2) is 12.2. The summed E-state index contributed by atoms with van der Waals surface area (Å²) in [6, 6.07) is 17.7. The van der Waals surface area contributed by atoms with E-state index < -0.39 is 12.0 Å². The van der Waals surface area contributed by atoms with Crippen molar-refractivity contribution in [3.8, 4) is 0 Å². The molecular formula is C42H49N4O6+. The van der Waals surface area contributed by atoms with Gasteiger partial charge in [0.15, 0.2) is 0 Å². The fourth-order valence-corrected chi connectivity index (χ4v) is 12.1. The zero-order valence-corrected chi connectivity index (χ0v) is 30.3. The summed E-state index contributed by atoms with van der Waals surface area (Å²) < 4.78 is 24.7. The number of nitrogens with zero attached hydrogens (tertiary/aromatic N) is 1. The molecule has 7 aliphatic rings. The van der Waals surface area contributed by atoms with Crippen molar-refractivity contribution in [1.29, 1.82) is 0 Å². The molecule has 0 spiro atoms. The predicted octanol–water partition coefficient (Wildman–Crippen LogP) is 4.28. The molecule has 14 atom stereocenters. The Morgan fingerprint density at radius 1 is 0.981 bits per heavy atom. The topological polar surface area (TPSA) is 107 Å². The maximum absolute atomic E-state index is 14.5. The Morgan fingerprint density at radius 3 is 2.65 bits per heavy atom. The highest BCUT2D eigenvalue weighted by Crippen LogP contribution is 2.55. The van der Waals surface area contributed by atoms with Gasteiger partial charge >= 0.3 is 11.9 Å². The number of benzene rings is 2. The smallest absolute Gasteiger partial charge is 0.337 e. The number of fused-ring (bicyclic) bond motifs is 12. The number of H-pyrrole nitrogens is 1. The number of aromatic nitrogens is 1. The summed E-state index contributed by atoms with van der Waals surface area (Å²) in [7, 11) is 2.95. The number of carbonyl (C=O) groups is 2. The number of piperidine rings is 3. The number of hydrogen-bond acceptors (Lipinski definition) is 8. The number of carbonyl (C=O) groups excluding carboxylic acids is 2. The van der Waals surface area contributed by atoms with Gasteiger partial charge in [-0.3, -0.25) is 9.69 Å². The van der Waals surface area contributed by atoms with E-state index in [-0.39, 0.29) is 59.8 Å². The van der Waals surface area contributed by atoms with Gasteiger partial charge in [-0.25, -0.2) is 4.79 Å². The van der Waals surface area contributed by atoms with Crippen LogP contribution < -0.4 is 10.2 Å². The Bertz CT molecular complexity index is 1990. The summed E-state index contributed by atoms with van der Waals surface area (Å²) >= 11 is 0. The Balaban J connectivity index is 1.10. The van der Waals surface area contributed by atoms with Crippen LogP contribution >= 0.6 is 0 Å². The third kappa shape index (κ3) is 4.66. The van der Waals surface area contributed by atoms with E-state index in [4.69, 9.17) is 18.9 Å². The number of aromatic amines is 1. The normalized spacial score (nSPS) is 39.9. The summed E-state index contributed by atoms with van der Waals surface area (Å²) in [5.41, 5.74) is 6.57. The van der Waals surface area contributed by atoms with E-state index in [0.717, 1.165) is 43.7 Å². The molecule has 4 fully saturated rings. The molecule has 52 heavy (non-hydrogen) atoms. The van der Waals surface area contributed by atoms with Gasteiger partial charge in [0.2, 0.25) is 0 Å². The van der Waals surface area contributed by atoms with Crippen LogP contribution in [0.1, 0.15) is 55.5 Å². The second-order valence-corrected chi connectivity index (χ2v) is 16.4. The lowest BCUT2D eigenvalue weighted by Crippen LogP contribution is -3.12. The molecule has 3 aromatic rings. The van der Waals surface area contributed by atoms with E-state index in [1.165, 1.54) is 41.3 Å². The molecule has 10 heteroatoms. The van der Waals surface area contributed by atoms with Crippen LogP contribution in [0.15, 0.2) is 66.6 Å². The minimum Gasteiger partial charge on any atom is -0.497 e. The van der Waals surface area contributed by atoms with Crippen molar-refractivity contribution in [1.82, 2.24) is 9.88 Å². The monoisotopic (exact) mass is 705 g/mol. The summed E-state index contributed by atoms with van der Waals surface area (Å²) in [4.78, 5) is 35.9. The number of rotatable bonds is 3. The van der Waals surface area contributed by atoms with Crippen molar-refractivity contribution in [3.05, 3.63) is 83.4 Å². The molecule has 1 aromatic heterocycles. The van der Waals surface area contributed by atoms with Gasteiger partial charge in [-0.05, 0) is 56.8 Å². The Kier molecular flexibility index (Phi) is 7.64. The highest BCUT2D eigenvalue weighted by molar-refractivity contribution is 5.91. The number of anilines is 1. The van der Waals surface area contributed by atoms with Crippen LogP contribution in [-0.2, 0) is 28.5 Å². The molecule has 10 rings (SSSR count). The molecule has 0 saturated carbocycles. The maximum Gasteiger partial charge on any atom is 0.337 e. The number of quaternary nitrogens is 1. The van der Waals surface area contributed by atoms with Crippen LogP contribution in [-0.4, -0.2) is 86.1 Å². The van der Waals surface area contributed by atoms with Gasteiger partial charge in [0.1, 0.15) is 12.1 Å². The van der Waals surface area contributed by atoms with Gasteiger partial charge in [0, 0.05) is 64.6 Å². The minimum atomic E-state index is -0.502. The lowest BCUT2D eigenvalue weighted by Gasteiger charge is -2.59. The van der Waals surface area contributed by atoms with Crippen LogP contribution in [0.5, 0.6) is 0 Å². The van der Waals surface area contributed by atoms with Crippen LogP contribution in [0.25, 0.3) is 17.0 Å². The molecule has 0 aliphatic carbocycles. The van der Waals surface area contributed by atoms with Crippen LogP contribution in [0.4, 0.5) is 5.69 Å². The second-order valence-electron chi connectivity index (χ2n) is 16.4. The van der Waals surface area contributed by atoms with Crippen LogP contribution in [0.3, 0.4) is 0 Å². The summed E-state index contributed by atoms with van der Waals surface area (Å²) in [5.74, 6) is -0.905. The first-order valence-electron chi connectivity index (χ1n) is 19.3. The summed E-state index contributed by atoms with van der Waals surface area (Å²) in [6.07, 6.45) is 7.44. The van der Waals surface area contributed by atoms with Gasteiger partial charge in [0.05, 0.1) is 74.5 Å². The first kappa shape index (κ1) is 32.5. The van der Waals surface area contributed by atoms with Gasteiger partial charge in [-0.2, -0.15) is 0 Å². The van der Waals surface area contributed by atoms with Gasteiger partial charge in [-0.15, -0.1) is 0 Å². The van der Waals surface area contributed by atoms with Crippen molar-refractivity contribution in [2.75, 3.05) is 39.2 Å². The van der Waals surface area contributed by atoms with Crippen LogP contribution in [0, 0.1) is 35.5 Å². The lowest BCUT2D eigenvalue weighted by molar-refractivity contribution is -0.900. The fourth-order valence-electron chi connectivity index (χ4n) is 12.1. The Labute approximate surface area is 304 Å². The molecular weight excluding hydrogens is 656 g/mol. The SMILES string of the molecule is COC(=O)C1=CO[C@@H](C)[C@@H]2C[NH+]3C=Cc4c([nH]c5ccccc45)C3[C@H]([C@H]3O[C@@H](C)[C@@H]4CN5CC[C@@H]6c7ccccc7N[C@H]6[C@@H]5C[C@H]4[C@H]3C(=O)OC)[C@H]12. The molecule has 2 unspecified atom stereocenters. The van der Waals surface area contributed by atoms with Crippen molar-refractivity contribution in [3.63, 3.8) is 0 Å². The number of esters is 2. The van der Waals surface area contributed by atoms with Crippen molar-refractivity contribution in [2.24, 2.45) is 35.5 Å². The Hall–Kier alpha value is -4.12. The summed E-state index contributed by atoms with van der Waals surface area (Å²) in [5, 5.41) is 5.10. The average Bonchev–Trinajstić information content (AvgIpc) is 3.75. The maximum atomic E-state index is 14.5. The van der Waals surface area contributed by atoms with Gasteiger partial charge in [-0.1, -0.05) is 36.4 Å². The van der Waals surface area contributed by atoms with E-state index >= 15 is 0 Å². The third-order valence-corrected chi connectivity index (χ3v) is 14.4. The summed E-state index contributed by atoms with van der Waals surface area (Å²) in [6.45, 7) is 7.01. The number of nitrogens with one attached hydrogen (secondary N) is 3. The van der Waals surface area contributed by atoms with E-state index in [1.54, 1.807) is 6.26 Å². The molecule has 0 amide bonds. The van der Waals surface area contributed by atoms with Crippen molar-refractivity contribution in [2.45, 2.75) is 69.0 Å². The molecule has 0 radical (unpaired) electrons. The molecule has 0 bridgehead atoms. The number of hydrogen-bond donors (Lipinski definition) is 3. The van der Waals surface area contributed by atoms with E-state index in [9.17, 15) is 9.59 Å². The highest BCUT2D eigenvalue weighted by Gasteiger charge is 2.64. The van der Waals surface area contributed by atoms with E-state index in [1.807, 2.05) is 0 Å². The quantitative estimate of drug-likeness (QED) is 0.347. The molecule has 2 aromatic carbocycles. The first-order chi connectivity index (χ1) is 25.4. The molecule has 7 aliphatic heterocycles. The molecule has 4 saturated heterocycles. The standard InChI is InChI=1S/C42H48N4O6/c1-21-29-19-46-16-14-26-24-10-6-8-12-32(24)44-38(26)39(46)36(34(29)30(20-51-21)41(47)49-3)40-35(42(48)50-4)27-17-33-37-25(23-9-5-7-11-31(23)43-37)13-15-45(33)18-28(27)22(2)52-40/h5-12,14,16,20-22,25,27-29,33-37,39-40,43-44H,13,15,17-19H2,1-4H3/p+1/t21-,22-,25+,27+,28-,29-,33-,34-,35+,36+,37+,39?,40-/m0/s1. The molecule has 10 nitrogen and oxygen atoms in total. The van der Waals surface area contributed by atoms with Gasteiger partial charge < -0.3 is 34.1 Å². The molecule has 8 heterocycles. The third-order valence-electron chi connectivity index (χ3n) is 14.4. The largest absolute Gasteiger partial charge is 0.497 e. The van der Waals surface area contributed by atoms with Gasteiger partial charge in [0.25, 0.3) is 0 Å².